The first-order valence-corrected chi connectivity index (χ1v) is 6.27. The number of nitrogens with one attached hydrogen (secondary N) is 1. The molecule has 1 aromatic heterocycles. The van der Waals surface area contributed by atoms with E-state index < -0.39 is 0 Å². The molecule has 3 N–H and O–H groups in total. The van der Waals surface area contributed by atoms with E-state index in [9.17, 15) is 0 Å². The van der Waals surface area contributed by atoms with Crippen molar-refractivity contribution in [2.24, 2.45) is 5.73 Å². The number of benzene rings is 1. The third-order valence-corrected chi connectivity index (χ3v) is 3.34. The van der Waals surface area contributed by atoms with Gasteiger partial charge in [0, 0.05) is 23.8 Å². The van der Waals surface area contributed by atoms with Crippen LogP contribution in [0.3, 0.4) is 0 Å². The van der Waals surface area contributed by atoms with Crippen molar-refractivity contribution >= 4 is 11.5 Å². The number of nitrogens with two attached hydrogens (primary N) is 1. The van der Waals surface area contributed by atoms with E-state index in [0.717, 1.165) is 17.9 Å². The number of anilines is 2. The minimum Gasteiger partial charge on any atom is -0.340 e. The molecule has 1 aliphatic rings. The Hall–Kier alpha value is -1.87. The van der Waals surface area contributed by atoms with Gasteiger partial charge in [-0.3, -0.25) is 0 Å². The number of pyridine rings is 1. The molecule has 2 atom stereocenters. The van der Waals surface area contributed by atoms with Crippen LogP contribution in [-0.2, 0) is 0 Å². The van der Waals surface area contributed by atoms with Gasteiger partial charge in [0.2, 0.25) is 0 Å². The predicted molar refractivity (Wildman–Crippen MR) is 74.0 cm³/mol. The number of rotatable bonds is 3. The van der Waals surface area contributed by atoms with Crippen LogP contribution < -0.4 is 11.1 Å². The highest BCUT2D eigenvalue weighted by molar-refractivity contribution is 5.57. The van der Waals surface area contributed by atoms with Gasteiger partial charge < -0.3 is 11.1 Å². The fourth-order valence-corrected chi connectivity index (χ4v) is 2.17. The highest BCUT2D eigenvalue weighted by atomic mass is 15.0. The SMILES string of the molecule is Cc1cccc(Nc2ccc([C@@H]3C[C@H]3N)cn2)c1. The molecule has 92 valence electrons. The quantitative estimate of drug-likeness (QED) is 0.865. The van der Waals surface area contributed by atoms with E-state index in [2.05, 4.69) is 35.4 Å². The Morgan fingerprint density at radius 2 is 2.11 bits per heavy atom. The third kappa shape index (κ3) is 2.36. The summed E-state index contributed by atoms with van der Waals surface area (Å²) in [6.07, 6.45) is 3.02. The number of nitrogens with zero attached hydrogens (tertiary/aromatic N) is 1. The third-order valence-electron chi connectivity index (χ3n) is 3.34. The monoisotopic (exact) mass is 239 g/mol. The maximum atomic E-state index is 5.83. The van der Waals surface area contributed by atoms with Crippen LogP contribution in [0.25, 0.3) is 0 Å². The average molecular weight is 239 g/mol. The Kier molecular flexibility index (Phi) is 2.76. The molecule has 3 heteroatoms. The van der Waals surface area contributed by atoms with Gasteiger partial charge in [-0.05, 0) is 42.7 Å². The van der Waals surface area contributed by atoms with Gasteiger partial charge in [0.05, 0.1) is 0 Å². The van der Waals surface area contributed by atoms with Gasteiger partial charge in [-0.2, -0.15) is 0 Å². The Labute approximate surface area is 107 Å². The second kappa shape index (κ2) is 4.42. The smallest absolute Gasteiger partial charge is 0.130 e. The molecule has 0 aliphatic heterocycles. The van der Waals surface area contributed by atoms with E-state index >= 15 is 0 Å². The highest BCUT2D eigenvalue weighted by Gasteiger charge is 2.34. The maximum Gasteiger partial charge on any atom is 0.130 e. The fraction of sp³-hybridized carbons (Fsp3) is 0.267. The Balaban J connectivity index is 1.73. The van der Waals surface area contributed by atoms with Crippen LogP contribution >= 0.6 is 0 Å². The van der Waals surface area contributed by atoms with Crippen LogP contribution in [0.15, 0.2) is 42.6 Å². The van der Waals surface area contributed by atoms with Crippen molar-refractivity contribution in [2.45, 2.75) is 25.3 Å². The summed E-state index contributed by atoms with van der Waals surface area (Å²) in [5.41, 5.74) is 9.39. The van der Waals surface area contributed by atoms with Gasteiger partial charge in [0.25, 0.3) is 0 Å². The Morgan fingerprint density at radius 1 is 1.28 bits per heavy atom. The van der Waals surface area contributed by atoms with Crippen LogP contribution in [0.4, 0.5) is 11.5 Å². The molecule has 2 aromatic rings. The molecular weight excluding hydrogens is 222 g/mol. The van der Waals surface area contributed by atoms with Crippen molar-refractivity contribution in [3.63, 3.8) is 0 Å². The molecule has 1 saturated carbocycles. The van der Waals surface area contributed by atoms with E-state index in [0.29, 0.717) is 12.0 Å². The lowest BCUT2D eigenvalue weighted by molar-refractivity contribution is 0.981. The summed E-state index contributed by atoms with van der Waals surface area (Å²) in [7, 11) is 0. The molecule has 0 saturated heterocycles. The van der Waals surface area contributed by atoms with Gasteiger partial charge >= 0.3 is 0 Å². The summed E-state index contributed by atoms with van der Waals surface area (Å²) >= 11 is 0. The van der Waals surface area contributed by atoms with Crippen LogP contribution in [-0.4, -0.2) is 11.0 Å². The van der Waals surface area contributed by atoms with E-state index in [1.54, 1.807) is 0 Å². The Bertz CT molecular complexity index is 548. The first-order chi connectivity index (χ1) is 8.72. The van der Waals surface area contributed by atoms with Crippen LogP contribution in [0, 0.1) is 6.92 Å². The summed E-state index contributed by atoms with van der Waals surface area (Å²) < 4.78 is 0. The first kappa shape index (κ1) is 11.2. The van der Waals surface area contributed by atoms with Gasteiger partial charge in [-0.1, -0.05) is 18.2 Å². The normalized spacial score (nSPS) is 21.7. The van der Waals surface area contributed by atoms with E-state index in [-0.39, 0.29) is 0 Å². The van der Waals surface area contributed by atoms with Gasteiger partial charge in [-0.15, -0.1) is 0 Å². The molecule has 3 rings (SSSR count). The van der Waals surface area contributed by atoms with Gasteiger partial charge in [-0.25, -0.2) is 4.98 Å². The second-order valence-corrected chi connectivity index (χ2v) is 4.98. The van der Waals surface area contributed by atoms with Crippen LogP contribution in [0.5, 0.6) is 0 Å². The molecule has 1 fully saturated rings. The molecule has 0 unspecified atom stereocenters. The zero-order chi connectivity index (χ0) is 12.5. The molecule has 18 heavy (non-hydrogen) atoms. The van der Waals surface area contributed by atoms with Crippen molar-refractivity contribution in [3.8, 4) is 0 Å². The maximum absolute atomic E-state index is 5.83. The lowest BCUT2D eigenvalue weighted by atomic mass is 10.2. The van der Waals surface area contributed by atoms with E-state index in [1.165, 1.54) is 11.1 Å². The number of aromatic nitrogens is 1. The number of hydrogen-bond acceptors (Lipinski definition) is 3. The molecular formula is C15H17N3. The van der Waals surface area contributed by atoms with Crippen LogP contribution in [0.1, 0.15) is 23.5 Å². The van der Waals surface area contributed by atoms with E-state index in [4.69, 9.17) is 5.73 Å². The van der Waals surface area contributed by atoms with Crippen molar-refractivity contribution in [2.75, 3.05) is 5.32 Å². The largest absolute Gasteiger partial charge is 0.340 e. The Morgan fingerprint density at radius 3 is 2.72 bits per heavy atom. The minimum atomic E-state index is 0.336. The lowest BCUT2D eigenvalue weighted by Gasteiger charge is -2.07. The summed E-state index contributed by atoms with van der Waals surface area (Å²) in [6.45, 7) is 2.08. The zero-order valence-electron chi connectivity index (χ0n) is 10.4. The average Bonchev–Trinajstić information content (AvgIpc) is 3.07. The van der Waals surface area contributed by atoms with Crippen LogP contribution in [0.2, 0.25) is 0 Å². The van der Waals surface area contributed by atoms with Crippen molar-refractivity contribution < 1.29 is 0 Å². The number of hydrogen-bond donors (Lipinski definition) is 2. The minimum absolute atomic E-state index is 0.336. The number of aryl methyl sites for hydroxylation is 1. The highest BCUT2D eigenvalue weighted by Crippen LogP contribution is 2.38. The topological polar surface area (TPSA) is 50.9 Å². The molecule has 0 bridgehead atoms. The van der Waals surface area contributed by atoms with E-state index in [1.807, 2.05) is 24.4 Å². The van der Waals surface area contributed by atoms with Crippen molar-refractivity contribution in [3.05, 3.63) is 53.7 Å². The zero-order valence-corrected chi connectivity index (χ0v) is 10.4. The first-order valence-electron chi connectivity index (χ1n) is 6.27. The molecule has 1 aromatic carbocycles. The molecule has 3 nitrogen and oxygen atoms in total. The van der Waals surface area contributed by atoms with Gasteiger partial charge in [0.1, 0.15) is 5.82 Å². The molecule has 0 spiro atoms. The fourth-order valence-electron chi connectivity index (χ4n) is 2.17. The summed E-state index contributed by atoms with van der Waals surface area (Å²) in [5.74, 6) is 1.39. The van der Waals surface area contributed by atoms with Crippen molar-refractivity contribution in [1.82, 2.24) is 4.98 Å². The van der Waals surface area contributed by atoms with Gasteiger partial charge in [0.15, 0.2) is 0 Å². The summed E-state index contributed by atoms with van der Waals surface area (Å²) in [6, 6.07) is 12.7. The molecule has 1 aliphatic carbocycles. The summed E-state index contributed by atoms with van der Waals surface area (Å²) in [5, 5.41) is 3.30. The molecule has 0 amide bonds. The standard InChI is InChI=1S/C15H17N3/c1-10-3-2-4-12(7-10)18-15-6-5-11(9-17-15)13-8-14(13)16/h2-7,9,13-14H,8,16H2,1H3,(H,17,18)/t13-,14+/m0/s1. The predicted octanol–water partition coefficient (Wildman–Crippen LogP) is 2.95. The lowest BCUT2D eigenvalue weighted by Crippen LogP contribution is -2.01. The summed E-state index contributed by atoms with van der Waals surface area (Å²) in [4.78, 5) is 4.43. The molecule has 0 radical (unpaired) electrons. The van der Waals surface area contributed by atoms with Crippen molar-refractivity contribution in [1.29, 1.82) is 0 Å². The second-order valence-electron chi connectivity index (χ2n) is 4.98. The molecule has 1 heterocycles.